The summed E-state index contributed by atoms with van der Waals surface area (Å²) in [5.74, 6) is -1.09. The molecule has 1 aliphatic heterocycles. The van der Waals surface area contributed by atoms with E-state index < -0.39 is 42.1 Å². The minimum Gasteiger partial charge on any atom is -0.457 e. The topological polar surface area (TPSA) is 91.3 Å². The van der Waals surface area contributed by atoms with E-state index in [4.69, 9.17) is 18.9 Å². The molecule has 5 atom stereocenters. The number of esters is 2. The van der Waals surface area contributed by atoms with Crippen molar-refractivity contribution in [2.45, 2.75) is 57.9 Å². The smallest absolute Gasteiger partial charge is 0.305 e. The second-order valence-corrected chi connectivity index (χ2v) is 4.73. The van der Waals surface area contributed by atoms with Crippen molar-refractivity contribution < 1.29 is 33.6 Å². The monoisotopic (exact) mass is 276 g/mol. The van der Waals surface area contributed by atoms with Crippen molar-refractivity contribution in [1.29, 1.82) is 0 Å². The molecule has 1 rings (SSSR count). The number of methoxy groups -OCH3 is 1. The summed E-state index contributed by atoms with van der Waals surface area (Å²) in [7, 11) is 1.35. The molecule has 19 heavy (non-hydrogen) atoms. The third kappa shape index (κ3) is 3.43. The standard InChI is InChI=1S/C12H20O7/c1-6-9(18-7(2)13)12(4,15)10(16-5)11(17-6)19-8(3)14/h6,9-11,15H,1-5H3/t6-,9+,10-,11+,12+/m0/s1. The summed E-state index contributed by atoms with van der Waals surface area (Å²) in [6.45, 7) is 5.53. The molecule has 0 amide bonds. The van der Waals surface area contributed by atoms with Gasteiger partial charge in [0.05, 0.1) is 6.10 Å². The normalized spacial score (nSPS) is 38.6. The molecule has 0 radical (unpaired) electrons. The molecule has 0 bridgehead atoms. The molecule has 7 heteroatoms. The van der Waals surface area contributed by atoms with Gasteiger partial charge in [-0.15, -0.1) is 0 Å². The summed E-state index contributed by atoms with van der Waals surface area (Å²) in [5, 5.41) is 10.5. The number of aliphatic hydroxyl groups is 1. The van der Waals surface area contributed by atoms with Crippen LogP contribution in [0, 0.1) is 0 Å². The Labute approximate surface area is 111 Å². The van der Waals surface area contributed by atoms with Crippen LogP contribution in [-0.4, -0.2) is 54.4 Å². The van der Waals surface area contributed by atoms with Crippen LogP contribution in [-0.2, 0) is 28.5 Å². The van der Waals surface area contributed by atoms with E-state index in [9.17, 15) is 14.7 Å². The first-order chi connectivity index (χ1) is 8.70. The Bertz CT molecular complexity index is 352. The fourth-order valence-corrected chi connectivity index (χ4v) is 2.26. The van der Waals surface area contributed by atoms with Crippen LogP contribution in [0.25, 0.3) is 0 Å². The van der Waals surface area contributed by atoms with Crippen molar-refractivity contribution in [3.05, 3.63) is 0 Å². The quantitative estimate of drug-likeness (QED) is 0.725. The number of carbonyl (C=O) groups excluding carboxylic acids is 2. The molecule has 0 aromatic rings. The molecule has 1 N–H and O–H groups in total. The Kier molecular flexibility index (Phi) is 4.89. The summed E-state index contributed by atoms with van der Waals surface area (Å²) in [4.78, 5) is 22.1. The fourth-order valence-electron chi connectivity index (χ4n) is 2.26. The molecule has 1 heterocycles. The van der Waals surface area contributed by atoms with Crippen LogP contribution in [0.2, 0.25) is 0 Å². The van der Waals surface area contributed by atoms with E-state index in [-0.39, 0.29) is 0 Å². The molecule has 0 aromatic heterocycles. The molecule has 1 saturated heterocycles. The molecule has 0 aromatic carbocycles. The highest BCUT2D eigenvalue weighted by atomic mass is 16.7. The van der Waals surface area contributed by atoms with Crippen molar-refractivity contribution in [3.63, 3.8) is 0 Å². The van der Waals surface area contributed by atoms with Crippen molar-refractivity contribution in [2.24, 2.45) is 0 Å². The molecular formula is C12H20O7. The SMILES string of the molecule is CO[C@H]1[C@@H](OC(C)=O)O[C@@H](C)[C@@H](OC(C)=O)[C@@]1(C)O. The Balaban J connectivity index is 2.98. The van der Waals surface area contributed by atoms with Gasteiger partial charge < -0.3 is 24.1 Å². The third-order valence-electron chi connectivity index (χ3n) is 3.00. The number of carbonyl (C=O) groups is 2. The zero-order chi connectivity index (χ0) is 14.8. The molecule has 0 saturated carbocycles. The lowest BCUT2D eigenvalue weighted by Gasteiger charge is -2.47. The second-order valence-electron chi connectivity index (χ2n) is 4.73. The minimum absolute atomic E-state index is 0.540. The summed E-state index contributed by atoms with van der Waals surface area (Å²) in [5.41, 5.74) is -1.54. The molecule has 1 aliphatic rings. The van der Waals surface area contributed by atoms with E-state index in [1.807, 2.05) is 0 Å². The number of hydrogen-bond donors (Lipinski definition) is 1. The van der Waals surface area contributed by atoms with Gasteiger partial charge in [0.1, 0.15) is 5.60 Å². The van der Waals surface area contributed by atoms with Gasteiger partial charge in [-0.2, -0.15) is 0 Å². The van der Waals surface area contributed by atoms with Crippen LogP contribution < -0.4 is 0 Å². The van der Waals surface area contributed by atoms with E-state index in [0.29, 0.717) is 0 Å². The molecule has 0 aliphatic carbocycles. The van der Waals surface area contributed by atoms with Crippen LogP contribution in [0.15, 0.2) is 0 Å². The third-order valence-corrected chi connectivity index (χ3v) is 3.00. The lowest BCUT2D eigenvalue weighted by atomic mass is 9.86. The van der Waals surface area contributed by atoms with Gasteiger partial charge >= 0.3 is 11.9 Å². The average molecular weight is 276 g/mol. The first kappa shape index (κ1) is 15.9. The van der Waals surface area contributed by atoms with Crippen molar-refractivity contribution in [2.75, 3.05) is 7.11 Å². The lowest BCUT2D eigenvalue weighted by Crippen LogP contribution is -2.66. The summed E-state index contributed by atoms with van der Waals surface area (Å²) in [6, 6.07) is 0. The van der Waals surface area contributed by atoms with E-state index in [1.54, 1.807) is 6.92 Å². The molecule has 0 unspecified atom stereocenters. The predicted octanol–water partition coefficient (Wildman–Crippen LogP) is -0.00800. The summed E-state index contributed by atoms with van der Waals surface area (Å²) in [6.07, 6.45) is -3.58. The van der Waals surface area contributed by atoms with E-state index >= 15 is 0 Å². The predicted molar refractivity (Wildman–Crippen MR) is 63.1 cm³/mol. The van der Waals surface area contributed by atoms with Gasteiger partial charge in [-0.1, -0.05) is 0 Å². The first-order valence-corrected chi connectivity index (χ1v) is 5.95. The van der Waals surface area contributed by atoms with Crippen LogP contribution in [0.3, 0.4) is 0 Å². The largest absolute Gasteiger partial charge is 0.457 e. The van der Waals surface area contributed by atoms with Gasteiger partial charge in [-0.3, -0.25) is 9.59 Å². The van der Waals surface area contributed by atoms with Gasteiger partial charge in [0, 0.05) is 21.0 Å². The zero-order valence-corrected chi connectivity index (χ0v) is 11.7. The minimum atomic E-state index is -1.54. The van der Waals surface area contributed by atoms with Gasteiger partial charge in [0.2, 0.25) is 6.29 Å². The Hall–Kier alpha value is -1.18. The Morgan fingerprint density at radius 1 is 1.16 bits per heavy atom. The van der Waals surface area contributed by atoms with Crippen LogP contribution in [0.4, 0.5) is 0 Å². The van der Waals surface area contributed by atoms with Gasteiger partial charge in [-0.05, 0) is 13.8 Å². The molecule has 7 nitrogen and oxygen atoms in total. The highest BCUT2D eigenvalue weighted by Gasteiger charge is 2.55. The van der Waals surface area contributed by atoms with Crippen molar-refractivity contribution in [1.82, 2.24) is 0 Å². The molecule has 1 fully saturated rings. The Morgan fingerprint density at radius 2 is 1.68 bits per heavy atom. The molecule has 110 valence electrons. The maximum absolute atomic E-state index is 11.1. The summed E-state index contributed by atoms with van der Waals surface area (Å²) < 4.78 is 20.6. The van der Waals surface area contributed by atoms with Crippen LogP contribution >= 0.6 is 0 Å². The van der Waals surface area contributed by atoms with Crippen LogP contribution in [0.1, 0.15) is 27.7 Å². The number of ether oxygens (including phenoxy) is 4. The van der Waals surface area contributed by atoms with E-state index in [0.717, 1.165) is 0 Å². The fraction of sp³-hybridized carbons (Fsp3) is 0.833. The maximum Gasteiger partial charge on any atom is 0.305 e. The van der Waals surface area contributed by atoms with Crippen LogP contribution in [0.5, 0.6) is 0 Å². The maximum atomic E-state index is 11.1. The highest BCUT2D eigenvalue weighted by molar-refractivity contribution is 5.66. The van der Waals surface area contributed by atoms with Gasteiger partial charge in [-0.25, -0.2) is 0 Å². The van der Waals surface area contributed by atoms with Gasteiger partial charge in [0.25, 0.3) is 0 Å². The second kappa shape index (κ2) is 5.85. The Morgan fingerprint density at radius 3 is 2.11 bits per heavy atom. The van der Waals surface area contributed by atoms with Crippen molar-refractivity contribution in [3.8, 4) is 0 Å². The molecule has 0 spiro atoms. The number of rotatable bonds is 3. The lowest BCUT2D eigenvalue weighted by molar-refractivity contribution is -0.319. The first-order valence-electron chi connectivity index (χ1n) is 5.95. The zero-order valence-electron chi connectivity index (χ0n) is 11.7. The average Bonchev–Trinajstić information content (AvgIpc) is 2.23. The summed E-state index contributed by atoms with van der Waals surface area (Å²) >= 11 is 0. The van der Waals surface area contributed by atoms with Gasteiger partial charge in [0.15, 0.2) is 12.2 Å². The van der Waals surface area contributed by atoms with E-state index in [1.165, 1.54) is 27.9 Å². The molecular weight excluding hydrogens is 256 g/mol. The highest BCUT2D eigenvalue weighted by Crippen LogP contribution is 2.34. The van der Waals surface area contributed by atoms with E-state index in [2.05, 4.69) is 0 Å². The number of hydrogen-bond acceptors (Lipinski definition) is 7. The van der Waals surface area contributed by atoms with Crippen molar-refractivity contribution >= 4 is 11.9 Å².